The van der Waals surface area contributed by atoms with Crippen molar-refractivity contribution in [3.05, 3.63) is 0 Å². The highest BCUT2D eigenvalue weighted by Gasteiger charge is 2.47. The average Bonchev–Trinajstić information content (AvgIpc) is 3.18. The highest BCUT2D eigenvalue weighted by atomic mass is 16.5. The fourth-order valence-corrected chi connectivity index (χ4v) is 4.32. The Hall–Kier alpha value is -1.14. The lowest BCUT2D eigenvalue weighted by molar-refractivity contribution is -0.150. The predicted molar refractivity (Wildman–Crippen MR) is 83.0 cm³/mol. The summed E-state index contributed by atoms with van der Waals surface area (Å²) < 4.78 is 11.0. The van der Waals surface area contributed by atoms with Gasteiger partial charge in [0.1, 0.15) is 6.04 Å². The number of hydrogen-bond donors (Lipinski definition) is 1. The molecule has 3 aliphatic rings. The van der Waals surface area contributed by atoms with Crippen LogP contribution in [0.15, 0.2) is 0 Å². The number of carboxylic acid groups (broad SMARTS) is 1. The second kappa shape index (κ2) is 7.62. The molecule has 130 valence electrons. The molecule has 0 aromatic rings. The van der Waals surface area contributed by atoms with Crippen LogP contribution in [0.1, 0.15) is 51.4 Å². The van der Waals surface area contributed by atoms with Gasteiger partial charge in [-0.2, -0.15) is 0 Å². The van der Waals surface area contributed by atoms with Gasteiger partial charge in [-0.3, -0.25) is 4.79 Å². The summed E-state index contributed by atoms with van der Waals surface area (Å²) in [5.41, 5.74) is 0. The Morgan fingerprint density at radius 1 is 1.17 bits per heavy atom. The fourth-order valence-electron chi connectivity index (χ4n) is 4.32. The van der Waals surface area contributed by atoms with E-state index in [4.69, 9.17) is 9.47 Å². The highest BCUT2D eigenvalue weighted by Crippen LogP contribution is 2.40. The smallest absolute Gasteiger partial charge is 0.326 e. The van der Waals surface area contributed by atoms with Crippen LogP contribution in [-0.4, -0.2) is 59.9 Å². The summed E-state index contributed by atoms with van der Waals surface area (Å²) in [7, 11) is 0. The van der Waals surface area contributed by atoms with E-state index in [9.17, 15) is 14.7 Å². The van der Waals surface area contributed by atoms with Crippen LogP contribution in [0.5, 0.6) is 0 Å². The van der Waals surface area contributed by atoms with Crippen molar-refractivity contribution in [2.24, 2.45) is 5.92 Å². The summed E-state index contributed by atoms with van der Waals surface area (Å²) >= 11 is 0. The molecule has 3 rings (SSSR count). The van der Waals surface area contributed by atoms with Crippen LogP contribution >= 0.6 is 0 Å². The summed E-state index contributed by atoms with van der Waals surface area (Å²) in [4.78, 5) is 25.7. The molecule has 1 amide bonds. The lowest BCUT2D eigenvalue weighted by Crippen LogP contribution is -2.46. The van der Waals surface area contributed by atoms with Crippen molar-refractivity contribution in [3.63, 3.8) is 0 Å². The topological polar surface area (TPSA) is 76.1 Å². The molecule has 6 heteroatoms. The molecule has 2 heterocycles. The van der Waals surface area contributed by atoms with Crippen molar-refractivity contribution in [1.29, 1.82) is 0 Å². The molecule has 0 unspecified atom stereocenters. The molecule has 1 aliphatic carbocycles. The normalized spacial score (nSPS) is 33.7. The van der Waals surface area contributed by atoms with E-state index in [2.05, 4.69) is 0 Å². The number of carbonyl (C=O) groups excluding carboxylic acids is 1. The number of nitrogens with zero attached hydrogens (tertiary/aromatic N) is 1. The average molecular weight is 325 g/mol. The Bertz CT molecular complexity index is 435. The van der Waals surface area contributed by atoms with Gasteiger partial charge in [0.2, 0.25) is 5.91 Å². The predicted octanol–water partition coefficient (Wildman–Crippen LogP) is 1.82. The summed E-state index contributed by atoms with van der Waals surface area (Å²) in [6, 6.07) is -0.524. The number of ether oxygens (including phenoxy) is 2. The third-order valence-corrected chi connectivity index (χ3v) is 5.45. The number of amides is 1. The standard InChI is InChI=1S/C17H27NO5/c19-16(7-9-22-11-13-5-3-8-23-13)18-14-6-2-1-4-12(14)10-15(18)17(20)21/h12-15H,1-11H2,(H,20,21)/t12-,13+,14+,15-/m0/s1. The van der Waals surface area contributed by atoms with Gasteiger partial charge >= 0.3 is 5.97 Å². The van der Waals surface area contributed by atoms with Gasteiger partial charge in [0.25, 0.3) is 0 Å². The van der Waals surface area contributed by atoms with Gasteiger partial charge in [0.15, 0.2) is 0 Å². The first-order chi connectivity index (χ1) is 11.2. The highest BCUT2D eigenvalue weighted by molar-refractivity contribution is 5.84. The number of carboxylic acids is 1. The summed E-state index contributed by atoms with van der Waals surface area (Å²) in [5, 5.41) is 9.45. The minimum absolute atomic E-state index is 0.0702. The SMILES string of the molecule is O=C(O)[C@@H]1C[C@@H]2CCCC[C@H]2N1C(=O)CCOC[C@H]1CCCO1. The van der Waals surface area contributed by atoms with Gasteiger partial charge in [-0.1, -0.05) is 12.8 Å². The van der Waals surface area contributed by atoms with E-state index in [1.807, 2.05) is 0 Å². The zero-order valence-electron chi connectivity index (χ0n) is 13.6. The minimum Gasteiger partial charge on any atom is -0.480 e. The lowest BCUT2D eigenvalue weighted by Gasteiger charge is -2.33. The van der Waals surface area contributed by atoms with Crippen molar-refractivity contribution in [2.75, 3.05) is 19.8 Å². The van der Waals surface area contributed by atoms with Crippen LogP contribution in [0.25, 0.3) is 0 Å². The van der Waals surface area contributed by atoms with Crippen molar-refractivity contribution in [1.82, 2.24) is 4.90 Å². The van der Waals surface area contributed by atoms with Crippen LogP contribution in [0.4, 0.5) is 0 Å². The number of rotatable bonds is 6. The van der Waals surface area contributed by atoms with Gasteiger partial charge in [-0.05, 0) is 38.0 Å². The van der Waals surface area contributed by atoms with Crippen LogP contribution in [0.3, 0.4) is 0 Å². The molecule has 0 aromatic heterocycles. The Balaban J connectivity index is 1.50. The van der Waals surface area contributed by atoms with Gasteiger partial charge < -0.3 is 19.5 Å². The zero-order valence-corrected chi connectivity index (χ0v) is 13.6. The van der Waals surface area contributed by atoms with E-state index in [-0.39, 0.29) is 24.5 Å². The maximum atomic E-state index is 12.6. The third-order valence-electron chi connectivity index (χ3n) is 5.45. The van der Waals surface area contributed by atoms with E-state index in [0.29, 0.717) is 25.6 Å². The second-order valence-corrected chi connectivity index (χ2v) is 6.96. The monoisotopic (exact) mass is 325 g/mol. The first kappa shape index (κ1) is 16.7. The first-order valence-electron chi connectivity index (χ1n) is 8.90. The molecule has 2 saturated heterocycles. The van der Waals surface area contributed by atoms with Gasteiger partial charge in [-0.25, -0.2) is 4.79 Å². The molecule has 23 heavy (non-hydrogen) atoms. The van der Waals surface area contributed by atoms with Crippen LogP contribution in [0, 0.1) is 5.92 Å². The second-order valence-electron chi connectivity index (χ2n) is 6.96. The van der Waals surface area contributed by atoms with Crippen molar-refractivity contribution >= 4 is 11.9 Å². The number of hydrogen-bond acceptors (Lipinski definition) is 4. The van der Waals surface area contributed by atoms with E-state index in [0.717, 1.165) is 45.1 Å². The molecule has 4 atom stereocenters. The van der Waals surface area contributed by atoms with Gasteiger partial charge in [0, 0.05) is 12.6 Å². The minimum atomic E-state index is -0.868. The molecule has 2 aliphatic heterocycles. The largest absolute Gasteiger partial charge is 0.480 e. The van der Waals surface area contributed by atoms with Crippen LogP contribution in [-0.2, 0) is 19.1 Å². The maximum Gasteiger partial charge on any atom is 0.326 e. The van der Waals surface area contributed by atoms with Crippen LogP contribution in [0.2, 0.25) is 0 Å². The molecule has 0 bridgehead atoms. The molecule has 6 nitrogen and oxygen atoms in total. The Kier molecular flexibility index (Phi) is 5.54. The lowest BCUT2D eigenvalue weighted by atomic mass is 9.84. The molecular weight excluding hydrogens is 298 g/mol. The van der Waals surface area contributed by atoms with E-state index in [1.165, 1.54) is 0 Å². The van der Waals surface area contributed by atoms with E-state index >= 15 is 0 Å². The fraction of sp³-hybridized carbons (Fsp3) is 0.882. The summed E-state index contributed by atoms with van der Waals surface area (Å²) in [5.74, 6) is -0.575. The molecule has 0 radical (unpaired) electrons. The van der Waals surface area contributed by atoms with Crippen molar-refractivity contribution < 1.29 is 24.2 Å². The van der Waals surface area contributed by atoms with Crippen LogP contribution < -0.4 is 0 Å². The van der Waals surface area contributed by atoms with Gasteiger partial charge in [-0.15, -0.1) is 0 Å². The third kappa shape index (κ3) is 3.86. The Labute approximate surface area is 137 Å². The molecule has 3 fully saturated rings. The molecule has 1 saturated carbocycles. The summed E-state index contributed by atoms with van der Waals surface area (Å²) in [6.07, 6.45) is 7.36. The number of aliphatic carboxylic acids is 1. The molecule has 1 N–H and O–H groups in total. The Morgan fingerprint density at radius 3 is 2.74 bits per heavy atom. The zero-order chi connectivity index (χ0) is 16.2. The molecule has 0 spiro atoms. The summed E-state index contributed by atoms with van der Waals surface area (Å²) in [6.45, 7) is 1.67. The van der Waals surface area contributed by atoms with Gasteiger partial charge in [0.05, 0.1) is 25.7 Å². The van der Waals surface area contributed by atoms with E-state index < -0.39 is 12.0 Å². The first-order valence-corrected chi connectivity index (χ1v) is 8.90. The maximum absolute atomic E-state index is 12.6. The van der Waals surface area contributed by atoms with E-state index in [1.54, 1.807) is 4.90 Å². The Morgan fingerprint density at radius 2 is 2.00 bits per heavy atom. The van der Waals surface area contributed by atoms with Crippen molar-refractivity contribution in [2.45, 2.75) is 69.6 Å². The quantitative estimate of drug-likeness (QED) is 0.754. The molecule has 0 aromatic carbocycles. The number of likely N-dealkylation sites (tertiary alicyclic amines) is 1. The number of carbonyl (C=O) groups is 2. The van der Waals surface area contributed by atoms with Crippen molar-refractivity contribution in [3.8, 4) is 0 Å². The molecular formula is C17H27NO5. The number of fused-ring (bicyclic) bond motifs is 1.